The van der Waals surface area contributed by atoms with Crippen LogP contribution >= 0.6 is 0 Å². The maximum absolute atomic E-state index is 12.8. The molecule has 1 spiro atoms. The van der Waals surface area contributed by atoms with Crippen molar-refractivity contribution in [3.8, 4) is 0 Å². The Morgan fingerprint density at radius 1 is 1.19 bits per heavy atom. The lowest BCUT2D eigenvalue weighted by Crippen LogP contribution is -2.65. The molecule has 5 rings (SSSR count). The molecule has 2 saturated heterocycles. The molecule has 26 heavy (non-hydrogen) atoms. The van der Waals surface area contributed by atoms with E-state index in [9.17, 15) is 14.7 Å². The minimum absolute atomic E-state index is 0.152. The van der Waals surface area contributed by atoms with Crippen LogP contribution in [0.15, 0.2) is 46.3 Å². The van der Waals surface area contributed by atoms with E-state index in [2.05, 4.69) is 0 Å². The fourth-order valence-electron chi connectivity index (χ4n) is 5.53. The summed E-state index contributed by atoms with van der Waals surface area (Å²) in [7, 11) is 0. The number of aliphatic hydroxyl groups is 1. The summed E-state index contributed by atoms with van der Waals surface area (Å²) in [5, 5.41) is 12.0. The Bertz CT molecular complexity index is 865. The first-order chi connectivity index (χ1) is 12.4. The molecule has 4 unspecified atom stereocenters. The Labute approximate surface area is 150 Å². The third kappa shape index (κ3) is 1.66. The van der Waals surface area contributed by atoms with Gasteiger partial charge >= 0.3 is 11.9 Å². The summed E-state index contributed by atoms with van der Waals surface area (Å²) in [5.41, 5.74) is -1.04. The zero-order valence-corrected chi connectivity index (χ0v) is 14.5. The first kappa shape index (κ1) is 15.9. The molecule has 6 nitrogen and oxygen atoms in total. The molecule has 0 bridgehead atoms. The molecular formula is C20H20O6. The number of allylic oxidation sites excluding steroid dienone is 2. The minimum Gasteiger partial charge on any atom is -0.472 e. The lowest BCUT2D eigenvalue weighted by atomic mass is 9.46. The second-order valence-corrected chi connectivity index (χ2v) is 7.98. The van der Waals surface area contributed by atoms with Gasteiger partial charge in [0.1, 0.15) is 12.7 Å². The van der Waals surface area contributed by atoms with Gasteiger partial charge in [-0.1, -0.05) is 19.1 Å². The van der Waals surface area contributed by atoms with Crippen molar-refractivity contribution >= 4 is 11.9 Å². The van der Waals surface area contributed by atoms with Gasteiger partial charge < -0.3 is 19.0 Å². The molecule has 0 amide bonds. The van der Waals surface area contributed by atoms with E-state index in [1.165, 1.54) is 0 Å². The van der Waals surface area contributed by atoms with Gasteiger partial charge in [-0.15, -0.1) is 0 Å². The van der Waals surface area contributed by atoms with Crippen LogP contribution in [0.2, 0.25) is 0 Å². The predicted octanol–water partition coefficient (Wildman–Crippen LogP) is 2.60. The van der Waals surface area contributed by atoms with Gasteiger partial charge in [0, 0.05) is 28.5 Å². The summed E-state index contributed by atoms with van der Waals surface area (Å²) >= 11 is 0. The van der Waals surface area contributed by atoms with Crippen LogP contribution in [0, 0.1) is 10.8 Å². The van der Waals surface area contributed by atoms with Crippen molar-refractivity contribution < 1.29 is 28.6 Å². The largest absolute Gasteiger partial charge is 0.472 e. The van der Waals surface area contributed by atoms with E-state index in [0.717, 1.165) is 5.56 Å². The lowest BCUT2D eigenvalue weighted by molar-refractivity contribution is -0.195. The number of hydrogen-bond acceptors (Lipinski definition) is 6. The molecule has 0 saturated carbocycles. The molecule has 2 fully saturated rings. The molecule has 4 atom stereocenters. The zero-order valence-electron chi connectivity index (χ0n) is 14.5. The number of esters is 2. The molecule has 2 aliphatic heterocycles. The maximum atomic E-state index is 12.8. The summed E-state index contributed by atoms with van der Waals surface area (Å²) in [6, 6.07) is 1.77. The molecule has 1 N–H and O–H groups in total. The van der Waals surface area contributed by atoms with Gasteiger partial charge in [-0.3, -0.25) is 0 Å². The highest BCUT2D eigenvalue weighted by molar-refractivity contribution is 5.95. The van der Waals surface area contributed by atoms with Crippen LogP contribution < -0.4 is 0 Å². The number of hydrogen-bond donors (Lipinski definition) is 1. The van der Waals surface area contributed by atoms with Crippen molar-refractivity contribution in [2.75, 3.05) is 6.61 Å². The van der Waals surface area contributed by atoms with Gasteiger partial charge in [0.2, 0.25) is 0 Å². The number of carbonyl (C=O) groups excluding carboxylic acids is 2. The van der Waals surface area contributed by atoms with Crippen molar-refractivity contribution in [3.05, 3.63) is 47.5 Å². The van der Waals surface area contributed by atoms with E-state index >= 15 is 0 Å². The SMILES string of the molecule is CC12CC(c3ccoc3)OC(=O)C1=CCC13COC(=O)C1=CCCC23O. The van der Waals surface area contributed by atoms with E-state index in [4.69, 9.17) is 13.9 Å². The maximum Gasteiger partial charge on any atom is 0.334 e. The molecule has 6 heteroatoms. The van der Waals surface area contributed by atoms with Crippen molar-refractivity contribution in [3.63, 3.8) is 0 Å². The lowest BCUT2D eigenvalue weighted by Gasteiger charge is -2.60. The quantitative estimate of drug-likeness (QED) is 0.779. The first-order valence-corrected chi connectivity index (χ1v) is 8.95. The monoisotopic (exact) mass is 356 g/mol. The van der Waals surface area contributed by atoms with Crippen molar-refractivity contribution in [2.45, 2.75) is 44.3 Å². The van der Waals surface area contributed by atoms with Gasteiger partial charge in [0.05, 0.1) is 23.5 Å². The highest BCUT2D eigenvalue weighted by Gasteiger charge is 2.70. The number of cyclic esters (lactones) is 2. The van der Waals surface area contributed by atoms with Crippen LogP contribution in [0.3, 0.4) is 0 Å². The molecule has 136 valence electrons. The summed E-state index contributed by atoms with van der Waals surface area (Å²) < 4.78 is 16.1. The van der Waals surface area contributed by atoms with Crippen molar-refractivity contribution in [1.82, 2.24) is 0 Å². The Kier molecular flexibility index (Phi) is 2.98. The summed E-state index contributed by atoms with van der Waals surface area (Å²) in [6.07, 6.45) is 8.23. The predicted molar refractivity (Wildman–Crippen MR) is 88.6 cm³/mol. The number of carbonyl (C=O) groups is 2. The number of furan rings is 1. The molecule has 0 aromatic carbocycles. The molecule has 0 radical (unpaired) electrons. The highest BCUT2D eigenvalue weighted by Crippen LogP contribution is 2.66. The first-order valence-electron chi connectivity index (χ1n) is 8.95. The second kappa shape index (κ2) is 4.88. The summed E-state index contributed by atoms with van der Waals surface area (Å²) in [4.78, 5) is 25.0. The van der Waals surface area contributed by atoms with E-state index in [0.29, 0.717) is 36.8 Å². The molecular weight excluding hydrogens is 336 g/mol. The highest BCUT2D eigenvalue weighted by atomic mass is 16.5. The van der Waals surface area contributed by atoms with Crippen LogP contribution in [-0.4, -0.2) is 29.3 Å². The smallest absolute Gasteiger partial charge is 0.334 e. The Morgan fingerprint density at radius 2 is 2.04 bits per heavy atom. The Balaban J connectivity index is 1.67. The molecule has 2 aliphatic carbocycles. The molecule has 1 aromatic heterocycles. The van der Waals surface area contributed by atoms with E-state index in [1.54, 1.807) is 18.6 Å². The standard InChI is InChI=1S/C20H20O6/c1-18-9-15(12-5-8-24-10-12)26-17(22)13(18)4-7-19-11-25-16(21)14(19)3-2-6-20(18,19)23/h3-5,8,10,15,23H,2,6-7,9,11H2,1H3. The van der Waals surface area contributed by atoms with Crippen LogP contribution in [0.4, 0.5) is 0 Å². The van der Waals surface area contributed by atoms with Gasteiger partial charge in [0.15, 0.2) is 0 Å². The number of rotatable bonds is 1. The normalized spacial score (nSPS) is 41.2. The van der Waals surface area contributed by atoms with Gasteiger partial charge in [-0.05, 0) is 25.3 Å². The molecule has 3 heterocycles. The van der Waals surface area contributed by atoms with Crippen LogP contribution in [0.5, 0.6) is 0 Å². The minimum atomic E-state index is -1.25. The Morgan fingerprint density at radius 3 is 2.81 bits per heavy atom. The van der Waals surface area contributed by atoms with Crippen LogP contribution in [0.1, 0.15) is 44.3 Å². The average molecular weight is 356 g/mol. The van der Waals surface area contributed by atoms with E-state index < -0.39 is 28.5 Å². The third-order valence-electron chi connectivity index (χ3n) is 6.97. The summed E-state index contributed by atoms with van der Waals surface area (Å²) in [6.45, 7) is 2.07. The fraction of sp³-hybridized carbons (Fsp3) is 0.500. The van der Waals surface area contributed by atoms with Crippen molar-refractivity contribution in [2.24, 2.45) is 10.8 Å². The van der Waals surface area contributed by atoms with Crippen molar-refractivity contribution in [1.29, 1.82) is 0 Å². The van der Waals surface area contributed by atoms with E-state index in [-0.39, 0.29) is 12.6 Å². The van der Waals surface area contributed by atoms with Crippen LogP contribution in [0.25, 0.3) is 0 Å². The third-order valence-corrected chi connectivity index (χ3v) is 6.97. The summed E-state index contributed by atoms with van der Waals surface area (Å²) in [5.74, 6) is -0.761. The topological polar surface area (TPSA) is 86.0 Å². The van der Waals surface area contributed by atoms with Gasteiger partial charge in [-0.2, -0.15) is 0 Å². The van der Waals surface area contributed by atoms with Gasteiger partial charge in [-0.25, -0.2) is 9.59 Å². The molecule has 4 aliphatic rings. The number of fused-ring (bicyclic) bond motifs is 2. The Hall–Kier alpha value is -2.34. The van der Waals surface area contributed by atoms with Gasteiger partial charge in [0.25, 0.3) is 0 Å². The number of ether oxygens (including phenoxy) is 2. The average Bonchev–Trinajstić information content (AvgIpc) is 3.24. The second-order valence-electron chi connectivity index (χ2n) is 7.98. The molecule has 1 aromatic rings. The fourth-order valence-corrected chi connectivity index (χ4v) is 5.53. The zero-order chi connectivity index (χ0) is 18.2. The van der Waals surface area contributed by atoms with Crippen LogP contribution in [-0.2, 0) is 19.1 Å². The van der Waals surface area contributed by atoms with E-state index in [1.807, 2.05) is 19.1 Å².